The maximum Gasteiger partial charge on any atom is 0.185 e. The predicted octanol–water partition coefficient (Wildman–Crippen LogP) is 1.84. The second-order valence-corrected chi connectivity index (χ2v) is 5.92. The van der Waals surface area contributed by atoms with Gasteiger partial charge in [0.25, 0.3) is 0 Å². The normalized spacial score (nSPS) is 22.8. The molecule has 0 saturated heterocycles. The molecule has 2 rings (SSSR count). The van der Waals surface area contributed by atoms with Crippen LogP contribution in [-0.4, -0.2) is 25.7 Å². The molecule has 0 bridgehead atoms. The largest absolute Gasteiger partial charge is 0.378 e. The van der Waals surface area contributed by atoms with Gasteiger partial charge in [-0.25, -0.2) is 4.98 Å². The minimum absolute atomic E-state index is 0.546. The fraction of sp³-hybridized carbons (Fsp3) is 0.750. The van der Waals surface area contributed by atoms with Gasteiger partial charge < -0.3 is 15.4 Å². The van der Waals surface area contributed by atoms with E-state index in [4.69, 9.17) is 10.5 Å². The first-order valence-corrected chi connectivity index (χ1v) is 6.86. The van der Waals surface area contributed by atoms with Crippen molar-refractivity contribution < 1.29 is 4.74 Å². The van der Waals surface area contributed by atoms with Crippen LogP contribution >= 0.6 is 11.3 Å². The highest BCUT2D eigenvalue weighted by molar-refractivity contribution is 7.15. The number of hydrogen-bond acceptors (Lipinski definition) is 5. The lowest BCUT2D eigenvalue weighted by Gasteiger charge is -2.15. The standard InChI is InChI=1S/C12H21N3OS/c1-8-4-9(8)6-15(2)12-14-10(7-16-3)11(5-13)17-12/h8-9H,4-7,13H2,1-3H3. The number of thiazole rings is 1. The van der Waals surface area contributed by atoms with Crippen LogP contribution in [0, 0.1) is 11.8 Å². The van der Waals surface area contributed by atoms with Crippen molar-refractivity contribution in [2.45, 2.75) is 26.5 Å². The Morgan fingerprint density at radius 1 is 1.59 bits per heavy atom. The van der Waals surface area contributed by atoms with Crippen LogP contribution in [0.2, 0.25) is 0 Å². The van der Waals surface area contributed by atoms with Crippen LogP contribution in [0.15, 0.2) is 0 Å². The molecule has 0 aromatic carbocycles. The van der Waals surface area contributed by atoms with Gasteiger partial charge in [0.05, 0.1) is 12.3 Å². The molecule has 1 fully saturated rings. The third-order valence-corrected chi connectivity index (χ3v) is 4.58. The van der Waals surface area contributed by atoms with E-state index in [2.05, 4.69) is 23.9 Å². The maximum atomic E-state index is 5.73. The molecule has 2 unspecified atom stereocenters. The summed E-state index contributed by atoms with van der Waals surface area (Å²) in [6.45, 7) is 4.51. The second kappa shape index (κ2) is 5.33. The van der Waals surface area contributed by atoms with E-state index in [0.717, 1.165) is 34.1 Å². The number of nitrogens with zero attached hydrogens (tertiary/aromatic N) is 2. The van der Waals surface area contributed by atoms with Crippen LogP contribution in [0.3, 0.4) is 0 Å². The van der Waals surface area contributed by atoms with Gasteiger partial charge in [0.1, 0.15) is 0 Å². The van der Waals surface area contributed by atoms with Gasteiger partial charge in [-0.1, -0.05) is 6.92 Å². The molecule has 1 aliphatic rings. The Bertz CT molecular complexity index is 380. The first kappa shape index (κ1) is 12.8. The molecule has 1 aromatic rings. The number of aromatic nitrogens is 1. The molecule has 2 N–H and O–H groups in total. The summed E-state index contributed by atoms with van der Waals surface area (Å²) in [6.07, 6.45) is 1.35. The van der Waals surface area contributed by atoms with Crippen LogP contribution < -0.4 is 10.6 Å². The van der Waals surface area contributed by atoms with Gasteiger partial charge >= 0.3 is 0 Å². The molecule has 2 atom stereocenters. The number of nitrogens with two attached hydrogens (primary N) is 1. The zero-order valence-electron chi connectivity index (χ0n) is 10.8. The third kappa shape index (κ3) is 2.97. The van der Waals surface area contributed by atoms with Crippen molar-refractivity contribution in [1.82, 2.24) is 4.98 Å². The van der Waals surface area contributed by atoms with E-state index in [1.807, 2.05) is 0 Å². The lowest BCUT2D eigenvalue weighted by molar-refractivity contribution is 0.181. The summed E-state index contributed by atoms with van der Waals surface area (Å²) in [5.41, 5.74) is 6.72. The molecule has 0 radical (unpaired) electrons. The van der Waals surface area contributed by atoms with E-state index < -0.39 is 0 Å². The van der Waals surface area contributed by atoms with Crippen molar-refractivity contribution in [3.05, 3.63) is 10.6 Å². The number of methoxy groups -OCH3 is 1. The van der Waals surface area contributed by atoms with Gasteiger partial charge in [0.2, 0.25) is 0 Å². The predicted molar refractivity (Wildman–Crippen MR) is 71.3 cm³/mol. The molecule has 4 nitrogen and oxygen atoms in total. The summed E-state index contributed by atoms with van der Waals surface area (Å²) in [6, 6.07) is 0. The van der Waals surface area contributed by atoms with Crippen molar-refractivity contribution in [3.63, 3.8) is 0 Å². The van der Waals surface area contributed by atoms with Crippen LogP contribution in [0.25, 0.3) is 0 Å². The molecule has 5 heteroatoms. The van der Waals surface area contributed by atoms with Crippen LogP contribution in [-0.2, 0) is 17.9 Å². The van der Waals surface area contributed by atoms with E-state index in [1.165, 1.54) is 6.42 Å². The molecule has 0 aliphatic heterocycles. The molecule has 1 saturated carbocycles. The lowest BCUT2D eigenvalue weighted by atomic mass is 10.3. The van der Waals surface area contributed by atoms with Crippen LogP contribution in [0.4, 0.5) is 5.13 Å². The molecule has 1 aliphatic carbocycles. The number of hydrogen-bond donors (Lipinski definition) is 1. The van der Waals surface area contributed by atoms with Crippen molar-refractivity contribution in [3.8, 4) is 0 Å². The van der Waals surface area contributed by atoms with Gasteiger partial charge in [-0.2, -0.15) is 0 Å². The molecule has 0 spiro atoms. The Hall–Kier alpha value is -0.650. The van der Waals surface area contributed by atoms with Crippen molar-refractivity contribution >= 4 is 16.5 Å². The highest BCUT2D eigenvalue weighted by atomic mass is 32.1. The summed E-state index contributed by atoms with van der Waals surface area (Å²) in [5.74, 6) is 1.72. The molecule has 0 amide bonds. The first-order chi connectivity index (χ1) is 8.15. The Morgan fingerprint density at radius 2 is 2.29 bits per heavy atom. The quantitative estimate of drug-likeness (QED) is 0.842. The Labute approximate surface area is 107 Å². The van der Waals surface area contributed by atoms with Crippen LogP contribution in [0.5, 0.6) is 0 Å². The maximum absolute atomic E-state index is 5.73. The summed E-state index contributed by atoms with van der Waals surface area (Å²) >= 11 is 1.69. The average Bonchev–Trinajstić information content (AvgIpc) is 2.84. The molecule has 96 valence electrons. The smallest absolute Gasteiger partial charge is 0.185 e. The van der Waals surface area contributed by atoms with Gasteiger partial charge in [-0.15, -0.1) is 11.3 Å². The van der Waals surface area contributed by atoms with Gasteiger partial charge in [-0.05, 0) is 18.3 Å². The monoisotopic (exact) mass is 255 g/mol. The zero-order valence-corrected chi connectivity index (χ0v) is 11.6. The second-order valence-electron chi connectivity index (χ2n) is 4.86. The zero-order chi connectivity index (χ0) is 12.4. The van der Waals surface area contributed by atoms with E-state index >= 15 is 0 Å². The molecule has 17 heavy (non-hydrogen) atoms. The van der Waals surface area contributed by atoms with Gasteiger partial charge in [-0.3, -0.25) is 0 Å². The highest BCUT2D eigenvalue weighted by Gasteiger charge is 2.33. The number of ether oxygens (including phenoxy) is 1. The Kier molecular flexibility index (Phi) is 4.01. The minimum Gasteiger partial charge on any atom is -0.378 e. The average molecular weight is 255 g/mol. The minimum atomic E-state index is 0.546. The van der Waals surface area contributed by atoms with E-state index in [-0.39, 0.29) is 0 Å². The van der Waals surface area contributed by atoms with Crippen LogP contribution in [0.1, 0.15) is 23.9 Å². The van der Waals surface area contributed by atoms with E-state index in [9.17, 15) is 0 Å². The van der Waals surface area contributed by atoms with Gasteiger partial charge in [0.15, 0.2) is 5.13 Å². The Balaban J connectivity index is 2.03. The summed E-state index contributed by atoms with van der Waals surface area (Å²) < 4.78 is 5.14. The fourth-order valence-electron chi connectivity index (χ4n) is 2.03. The number of anilines is 1. The lowest BCUT2D eigenvalue weighted by Crippen LogP contribution is -2.20. The first-order valence-electron chi connectivity index (χ1n) is 6.04. The van der Waals surface area contributed by atoms with E-state index in [0.29, 0.717) is 13.2 Å². The topological polar surface area (TPSA) is 51.4 Å². The van der Waals surface area contributed by atoms with Crippen molar-refractivity contribution in [1.29, 1.82) is 0 Å². The van der Waals surface area contributed by atoms with E-state index in [1.54, 1.807) is 18.4 Å². The summed E-state index contributed by atoms with van der Waals surface area (Å²) in [7, 11) is 3.80. The van der Waals surface area contributed by atoms with Gasteiger partial charge in [0, 0.05) is 32.1 Å². The molecule has 1 heterocycles. The summed E-state index contributed by atoms with van der Waals surface area (Å²) in [4.78, 5) is 8.00. The van der Waals surface area contributed by atoms with Crippen molar-refractivity contribution in [2.75, 3.05) is 25.6 Å². The molecule has 1 aromatic heterocycles. The molecular weight excluding hydrogens is 234 g/mol. The Morgan fingerprint density at radius 3 is 2.82 bits per heavy atom. The number of rotatable bonds is 6. The third-order valence-electron chi connectivity index (χ3n) is 3.34. The summed E-state index contributed by atoms with van der Waals surface area (Å²) in [5, 5.41) is 1.07. The van der Waals surface area contributed by atoms with Crippen molar-refractivity contribution in [2.24, 2.45) is 17.6 Å². The SMILES string of the molecule is COCc1nc(N(C)CC2CC2C)sc1CN. The highest BCUT2D eigenvalue weighted by Crippen LogP contribution is 2.39. The molecular formula is C12H21N3OS. The fourth-order valence-corrected chi connectivity index (χ4v) is 2.94.